The third kappa shape index (κ3) is 5.91. The topological polar surface area (TPSA) is 97.7 Å². The van der Waals surface area contributed by atoms with Gasteiger partial charge in [0.25, 0.3) is 10.0 Å². The molecule has 0 bridgehead atoms. The van der Waals surface area contributed by atoms with Crippen molar-refractivity contribution in [3.63, 3.8) is 0 Å². The Morgan fingerprint density at radius 2 is 1.61 bits per heavy atom. The Bertz CT molecular complexity index is 1360. The van der Waals surface area contributed by atoms with Crippen molar-refractivity contribution in [3.05, 3.63) is 89.9 Å². The summed E-state index contributed by atoms with van der Waals surface area (Å²) < 4.78 is 32.3. The monoisotopic (exact) mass is 477 g/mol. The Labute approximate surface area is 195 Å². The average molecular weight is 478 g/mol. The van der Waals surface area contributed by atoms with Crippen LogP contribution in [-0.2, 0) is 14.8 Å². The number of nitrogens with one attached hydrogen (secondary N) is 1. The minimum absolute atomic E-state index is 0.140. The van der Waals surface area contributed by atoms with Crippen LogP contribution in [0.15, 0.2) is 94.3 Å². The fourth-order valence-corrected chi connectivity index (χ4v) is 4.74. The van der Waals surface area contributed by atoms with Gasteiger partial charge in [-0.1, -0.05) is 36.4 Å². The lowest BCUT2D eigenvalue weighted by Gasteiger charge is -2.05. The molecule has 0 amide bonds. The van der Waals surface area contributed by atoms with E-state index < -0.39 is 10.0 Å². The number of carbonyl (C=O) groups is 1. The Kier molecular flexibility index (Phi) is 6.62. The van der Waals surface area contributed by atoms with E-state index in [9.17, 15) is 13.2 Å². The maximum Gasteiger partial charge on any atom is 0.308 e. The number of anilines is 1. The molecule has 0 spiro atoms. The molecule has 33 heavy (non-hydrogen) atoms. The van der Waals surface area contributed by atoms with Crippen LogP contribution in [0.25, 0.3) is 11.1 Å². The molecule has 0 fully saturated rings. The molecule has 0 atom stereocenters. The van der Waals surface area contributed by atoms with Gasteiger partial charge < -0.3 is 4.74 Å². The van der Waals surface area contributed by atoms with Crippen molar-refractivity contribution in [1.82, 2.24) is 4.98 Å². The van der Waals surface area contributed by atoms with Crippen molar-refractivity contribution >= 4 is 44.4 Å². The summed E-state index contributed by atoms with van der Waals surface area (Å²) in [5, 5.41) is 2.02. The molecule has 0 aliphatic heterocycles. The number of nitrogens with zero attached hydrogens (tertiary/aromatic N) is 2. The molecule has 1 heterocycles. The quantitative estimate of drug-likeness (QED) is 0.222. The number of carbonyl (C=O) groups excluding carboxylic acids is 1. The van der Waals surface area contributed by atoms with Gasteiger partial charge in [0.2, 0.25) is 0 Å². The van der Waals surface area contributed by atoms with E-state index in [1.54, 1.807) is 35.9 Å². The molecule has 0 radical (unpaired) electrons. The first-order valence-corrected chi connectivity index (χ1v) is 12.2. The number of hydrogen-bond donors (Lipinski definition) is 1. The van der Waals surface area contributed by atoms with Crippen molar-refractivity contribution in [2.75, 3.05) is 4.72 Å². The normalized spacial score (nSPS) is 11.4. The van der Waals surface area contributed by atoms with Gasteiger partial charge in [0.05, 0.1) is 10.6 Å². The van der Waals surface area contributed by atoms with E-state index >= 15 is 0 Å². The number of esters is 1. The zero-order chi connectivity index (χ0) is 23.3. The molecule has 1 N–H and O–H groups in total. The molecular formula is C24H19N3O4S2. The number of ether oxygens (including phenoxy) is 1. The van der Waals surface area contributed by atoms with Crippen LogP contribution in [0.4, 0.5) is 10.8 Å². The SMILES string of the molecule is CC(=O)Oc1ccc(-c2ccc(C=Nc3ccc(S(=O)(=O)Nc4nccs4)cc3)cc2)cc1. The molecule has 7 nitrogen and oxygen atoms in total. The molecule has 9 heteroatoms. The van der Waals surface area contributed by atoms with Gasteiger partial charge in [0.1, 0.15) is 5.75 Å². The minimum atomic E-state index is -3.69. The second-order valence-electron chi connectivity index (χ2n) is 6.93. The second kappa shape index (κ2) is 9.76. The molecule has 166 valence electrons. The lowest BCUT2D eigenvalue weighted by atomic mass is 10.0. The number of sulfonamides is 1. The molecule has 0 unspecified atom stereocenters. The summed E-state index contributed by atoms with van der Waals surface area (Å²) in [6.07, 6.45) is 3.25. The summed E-state index contributed by atoms with van der Waals surface area (Å²) in [5.41, 5.74) is 3.55. The number of thiazole rings is 1. The van der Waals surface area contributed by atoms with Gasteiger partial charge >= 0.3 is 5.97 Å². The zero-order valence-corrected chi connectivity index (χ0v) is 19.1. The third-order valence-electron chi connectivity index (χ3n) is 4.52. The van der Waals surface area contributed by atoms with E-state index in [2.05, 4.69) is 14.7 Å². The van der Waals surface area contributed by atoms with E-state index in [4.69, 9.17) is 4.74 Å². The van der Waals surface area contributed by atoms with E-state index in [0.717, 1.165) is 16.7 Å². The van der Waals surface area contributed by atoms with Crippen LogP contribution in [0.2, 0.25) is 0 Å². The van der Waals surface area contributed by atoms with Crippen LogP contribution in [0.3, 0.4) is 0 Å². The summed E-state index contributed by atoms with van der Waals surface area (Å²) >= 11 is 1.21. The number of benzene rings is 3. The smallest absolute Gasteiger partial charge is 0.308 e. The van der Waals surface area contributed by atoms with Gasteiger partial charge in [0.15, 0.2) is 5.13 Å². The highest BCUT2D eigenvalue weighted by Gasteiger charge is 2.15. The maximum absolute atomic E-state index is 12.4. The molecule has 0 aliphatic carbocycles. The molecule has 0 aliphatic rings. The Balaban J connectivity index is 1.41. The van der Waals surface area contributed by atoms with Gasteiger partial charge in [-0.2, -0.15) is 0 Å². The van der Waals surface area contributed by atoms with Crippen molar-refractivity contribution in [2.24, 2.45) is 4.99 Å². The number of aliphatic imine (C=N–C) groups is 1. The lowest BCUT2D eigenvalue weighted by Crippen LogP contribution is -2.12. The number of aromatic nitrogens is 1. The molecule has 4 rings (SSSR count). The van der Waals surface area contributed by atoms with Crippen molar-refractivity contribution in [3.8, 4) is 16.9 Å². The molecule has 0 saturated heterocycles. The first kappa shape index (κ1) is 22.4. The summed E-state index contributed by atoms with van der Waals surface area (Å²) in [7, 11) is -3.69. The van der Waals surface area contributed by atoms with Gasteiger partial charge in [-0.15, -0.1) is 11.3 Å². The highest BCUT2D eigenvalue weighted by Crippen LogP contribution is 2.24. The fraction of sp³-hybridized carbons (Fsp3) is 0.0417. The molecular weight excluding hydrogens is 458 g/mol. The number of hydrogen-bond acceptors (Lipinski definition) is 7. The third-order valence-corrected chi connectivity index (χ3v) is 6.70. The van der Waals surface area contributed by atoms with E-state index in [1.165, 1.54) is 36.6 Å². The van der Waals surface area contributed by atoms with Crippen LogP contribution >= 0.6 is 11.3 Å². The van der Waals surface area contributed by atoms with Crippen LogP contribution in [-0.4, -0.2) is 25.6 Å². The van der Waals surface area contributed by atoms with Crippen LogP contribution in [0.5, 0.6) is 5.75 Å². The molecule has 4 aromatic rings. The van der Waals surface area contributed by atoms with Crippen LogP contribution in [0, 0.1) is 0 Å². The Hall–Kier alpha value is -3.82. The van der Waals surface area contributed by atoms with Crippen LogP contribution < -0.4 is 9.46 Å². The Morgan fingerprint density at radius 3 is 2.18 bits per heavy atom. The summed E-state index contributed by atoms with van der Waals surface area (Å²) in [6.45, 7) is 1.37. The molecule has 3 aromatic carbocycles. The van der Waals surface area contributed by atoms with E-state index in [1.807, 2.05) is 36.4 Å². The fourth-order valence-electron chi connectivity index (χ4n) is 2.95. The van der Waals surface area contributed by atoms with Crippen molar-refractivity contribution < 1.29 is 17.9 Å². The highest BCUT2D eigenvalue weighted by molar-refractivity contribution is 7.93. The average Bonchev–Trinajstić information content (AvgIpc) is 3.31. The predicted molar refractivity (Wildman–Crippen MR) is 130 cm³/mol. The van der Waals surface area contributed by atoms with Crippen molar-refractivity contribution in [2.45, 2.75) is 11.8 Å². The minimum Gasteiger partial charge on any atom is -0.427 e. The first-order chi connectivity index (χ1) is 15.9. The first-order valence-electron chi connectivity index (χ1n) is 9.84. The van der Waals surface area contributed by atoms with E-state index in [0.29, 0.717) is 16.6 Å². The summed E-state index contributed by atoms with van der Waals surface area (Å²) in [5.74, 6) is 0.155. The van der Waals surface area contributed by atoms with Gasteiger partial charge in [-0.25, -0.2) is 13.4 Å². The predicted octanol–water partition coefficient (Wildman–Crippen LogP) is 5.29. The highest BCUT2D eigenvalue weighted by atomic mass is 32.2. The molecule has 0 saturated carbocycles. The number of rotatable bonds is 7. The van der Waals surface area contributed by atoms with Gasteiger partial charge in [-0.3, -0.25) is 14.5 Å². The summed E-state index contributed by atoms with van der Waals surface area (Å²) in [4.78, 5) is 19.5. The van der Waals surface area contributed by atoms with Crippen LogP contribution in [0.1, 0.15) is 12.5 Å². The largest absolute Gasteiger partial charge is 0.427 e. The maximum atomic E-state index is 12.4. The van der Waals surface area contributed by atoms with E-state index in [-0.39, 0.29) is 10.9 Å². The summed E-state index contributed by atoms with van der Waals surface area (Å²) in [6, 6.07) is 21.4. The molecule has 1 aromatic heterocycles. The second-order valence-corrected chi connectivity index (χ2v) is 9.51. The van der Waals surface area contributed by atoms with Crippen molar-refractivity contribution in [1.29, 1.82) is 0 Å². The Morgan fingerprint density at radius 1 is 0.970 bits per heavy atom. The van der Waals surface area contributed by atoms with Gasteiger partial charge in [0, 0.05) is 24.7 Å². The van der Waals surface area contributed by atoms with Gasteiger partial charge in [-0.05, 0) is 53.1 Å². The lowest BCUT2D eigenvalue weighted by molar-refractivity contribution is -0.131. The standard InChI is InChI=1S/C24H19N3O4S2/c1-17(28)31-22-10-6-20(7-11-22)19-4-2-18(3-5-19)16-26-21-8-12-23(13-9-21)33(29,30)27-24-25-14-15-32-24/h2-16H,1H3,(H,25,27). The zero-order valence-electron chi connectivity index (χ0n) is 17.5.